The maximum Gasteiger partial charge on any atom is 0.237 e. The third-order valence-corrected chi connectivity index (χ3v) is 6.26. The SMILES string of the molecule is N#Cc1ccc2ncn(-c3ncc4c(n3)N(C3CC[C@@H](O)c5ccc(F)cc53)C(O)N4)c2c1. The van der Waals surface area contributed by atoms with Gasteiger partial charge in [-0.2, -0.15) is 10.2 Å². The van der Waals surface area contributed by atoms with E-state index in [1.165, 1.54) is 12.1 Å². The van der Waals surface area contributed by atoms with E-state index in [1.807, 2.05) is 0 Å². The van der Waals surface area contributed by atoms with E-state index in [0.717, 1.165) is 0 Å². The van der Waals surface area contributed by atoms with Gasteiger partial charge in [0.15, 0.2) is 5.82 Å². The summed E-state index contributed by atoms with van der Waals surface area (Å²) < 4.78 is 15.8. The van der Waals surface area contributed by atoms with Gasteiger partial charge in [-0.1, -0.05) is 6.07 Å². The molecule has 3 heterocycles. The predicted octanol–water partition coefficient (Wildman–Crippen LogP) is 2.90. The Kier molecular flexibility index (Phi) is 4.29. The van der Waals surface area contributed by atoms with Crippen molar-refractivity contribution >= 4 is 22.5 Å². The Bertz CT molecular complexity index is 1450. The molecule has 4 aromatic rings. The van der Waals surface area contributed by atoms with E-state index in [0.29, 0.717) is 58.0 Å². The van der Waals surface area contributed by atoms with Crippen molar-refractivity contribution in [3.05, 3.63) is 71.4 Å². The average molecular weight is 443 g/mol. The lowest BCUT2D eigenvalue weighted by molar-refractivity contribution is 0.137. The highest BCUT2D eigenvalue weighted by atomic mass is 19.1. The molecule has 3 atom stereocenters. The van der Waals surface area contributed by atoms with Crippen LogP contribution in [0.15, 0.2) is 48.9 Å². The molecule has 2 aromatic heterocycles. The molecule has 0 bridgehead atoms. The average Bonchev–Trinajstić information content (AvgIpc) is 3.38. The Morgan fingerprint density at radius 1 is 1.09 bits per heavy atom. The summed E-state index contributed by atoms with van der Waals surface area (Å²) in [6.07, 6.45) is 2.36. The molecule has 9 nitrogen and oxygen atoms in total. The Morgan fingerprint density at radius 2 is 1.97 bits per heavy atom. The van der Waals surface area contributed by atoms with Crippen LogP contribution in [-0.4, -0.2) is 36.1 Å². The first kappa shape index (κ1) is 19.6. The van der Waals surface area contributed by atoms with Crippen molar-refractivity contribution < 1.29 is 14.6 Å². The molecule has 164 valence electrons. The number of hydrogen-bond donors (Lipinski definition) is 3. The van der Waals surface area contributed by atoms with Gasteiger partial charge < -0.3 is 20.4 Å². The van der Waals surface area contributed by atoms with Crippen LogP contribution >= 0.6 is 0 Å². The van der Waals surface area contributed by atoms with Crippen molar-refractivity contribution in [2.75, 3.05) is 10.2 Å². The van der Waals surface area contributed by atoms with E-state index in [-0.39, 0.29) is 0 Å². The number of aliphatic hydroxyl groups excluding tert-OH is 2. The summed E-state index contributed by atoms with van der Waals surface area (Å²) in [5, 5.41) is 33.4. The van der Waals surface area contributed by atoms with Crippen LogP contribution in [0.4, 0.5) is 15.9 Å². The fraction of sp³-hybridized carbons (Fsp3) is 0.217. The minimum absolute atomic E-state index is 0.322. The minimum atomic E-state index is -1.09. The fourth-order valence-electron chi connectivity index (χ4n) is 4.71. The second-order valence-electron chi connectivity index (χ2n) is 8.14. The molecule has 6 rings (SSSR count). The number of nitrogens with one attached hydrogen (secondary N) is 1. The topological polar surface area (TPSA) is 123 Å². The number of fused-ring (bicyclic) bond motifs is 3. The normalized spacial score (nSPS) is 21.4. The first-order valence-corrected chi connectivity index (χ1v) is 10.5. The Balaban J connectivity index is 1.46. The molecule has 2 aromatic carbocycles. The van der Waals surface area contributed by atoms with Gasteiger partial charge in [0.05, 0.1) is 46.7 Å². The number of hydrogen-bond acceptors (Lipinski definition) is 8. The summed E-state index contributed by atoms with van der Waals surface area (Å²) in [4.78, 5) is 15.2. The van der Waals surface area contributed by atoms with Crippen molar-refractivity contribution in [2.45, 2.75) is 31.3 Å². The predicted molar refractivity (Wildman–Crippen MR) is 117 cm³/mol. The van der Waals surface area contributed by atoms with Gasteiger partial charge in [-0.3, -0.25) is 4.57 Å². The second-order valence-corrected chi connectivity index (χ2v) is 8.14. The third-order valence-electron chi connectivity index (χ3n) is 6.26. The lowest BCUT2D eigenvalue weighted by Crippen LogP contribution is -2.40. The van der Waals surface area contributed by atoms with Gasteiger partial charge in [-0.15, -0.1) is 0 Å². The summed E-state index contributed by atoms with van der Waals surface area (Å²) in [7, 11) is 0. The maximum absolute atomic E-state index is 14.1. The van der Waals surface area contributed by atoms with Crippen molar-refractivity contribution in [1.29, 1.82) is 5.26 Å². The molecule has 0 spiro atoms. The van der Waals surface area contributed by atoms with Crippen LogP contribution in [0.2, 0.25) is 0 Å². The molecular formula is C23H18FN7O2. The first-order chi connectivity index (χ1) is 16.0. The monoisotopic (exact) mass is 443 g/mol. The zero-order valence-corrected chi connectivity index (χ0v) is 17.2. The molecule has 0 radical (unpaired) electrons. The zero-order chi connectivity index (χ0) is 22.7. The summed E-state index contributed by atoms with van der Waals surface area (Å²) in [6.45, 7) is 0. The third kappa shape index (κ3) is 3.01. The van der Waals surface area contributed by atoms with Crippen molar-refractivity contribution in [3.63, 3.8) is 0 Å². The van der Waals surface area contributed by atoms with Gasteiger partial charge in [0, 0.05) is 0 Å². The number of nitriles is 1. The molecule has 0 fully saturated rings. The lowest BCUT2D eigenvalue weighted by Gasteiger charge is -2.37. The smallest absolute Gasteiger partial charge is 0.237 e. The lowest BCUT2D eigenvalue weighted by atomic mass is 9.85. The Morgan fingerprint density at radius 3 is 2.82 bits per heavy atom. The van der Waals surface area contributed by atoms with Crippen LogP contribution in [0.1, 0.15) is 41.7 Å². The molecule has 3 N–H and O–H groups in total. The molecule has 2 unspecified atom stereocenters. The quantitative estimate of drug-likeness (QED) is 0.432. The number of anilines is 2. The molecular weight excluding hydrogens is 425 g/mol. The maximum atomic E-state index is 14.1. The number of nitrogens with zero attached hydrogens (tertiary/aromatic N) is 6. The standard InChI is InChI=1S/C23H18FN7O2/c24-13-2-3-14-15(8-13)18(5-6-20(14)32)31-21-17(28-23(31)33)10-26-22(29-21)30-11-27-16-4-1-12(9-25)7-19(16)30/h1-4,7-8,10-11,18,20,23,28,32-33H,5-6H2/t18?,20-,23?/m1/s1. The Labute approximate surface area is 187 Å². The Hall–Kier alpha value is -4.07. The summed E-state index contributed by atoms with van der Waals surface area (Å²) in [5.41, 5.74) is 3.67. The van der Waals surface area contributed by atoms with Crippen molar-refractivity contribution in [3.8, 4) is 12.0 Å². The molecule has 0 saturated carbocycles. The van der Waals surface area contributed by atoms with Crippen molar-refractivity contribution in [2.24, 2.45) is 0 Å². The highest BCUT2D eigenvalue weighted by Crippen LogP contribution is 2.45. The van der Waals surface area contributed by atoms with E-state index in [2.05, 4.69) is 21.4 Å². The van der Waals surface area contributed by atoms with Crippen LogP contribution in [0.3, 0.4) is 0 Å². The van der Waals surface area contributed by atoms with Crippen LogP contribution < -0.4 is 10.2 Å². The van der Waals surface area contributed by atoms with Gasteiger partial charge in [-0.05, 0) is 54.3 Å². The molecule has 10 heteroatoms. The first-order valence-electron chi connectivity index (χ1n) is 10.5. The number of benzene rings is 2. The highest BCUT2D eigenvalue weighted by molar-refractivity contribution is 5.79. The van der Waals surface area contributed by atoms with Gasteiger partial charge in [0.2, 0.25) is 12.3 Å². The number of imidazole rings is 1. The molecule has 33 heavy (non-hydrogen) atoms. The fourth-order valence-corrected chi connectivity index (χ4v) is 4.71. The summed E-state index contributed by atoms with van der Waals surface area (Å²) in [5.74, 6) is 0.376. The van der Waals surface area contributed by atoms with Crippen LogP contribution in [-0.2, 0) is 0 Å². The van der Waals surface area contributed by atoms with Crippen LogP contribution in [0.25, 0.3) is 17.0 Å². The van der Waals surface area contributed by atoms with Gasteiger partial charge >= 0.3 is 0 Å². The van der Waals surface area contributed by atoms with Gasteiger partial charge in [0.25, 0.3) is 0 Å². The van der Waals surface area contributed by atoms with Gasteiger partial charge in [-0.25, -0.2) is 14.4 Å². The van der Waals surface area contributed by atoms with E-state index in [4.69, 9.17) is 4.98 Å². The number of halogens is 1. The summed E-state index contributed by atoms with van der Waals surface area (Å²) >= 11 is 0. The van der Waals surface area contributed by atoms with E-state index >= 15 is 0 Å². The molecule has 1 aliphatic carbocycles. The molecule has 0 amide bonds. The largest absolute Gasteiger partial charge is 0.388 e. The van der Waals surface area contributed by atoms with E-state index < -0.39 is 24.3 Å². The molecule has 1 aliphatic heterocycles. The van der Waals surface area contributed by atoms with Crippen LogP contribution in [0.5, 0.6) is 0 Å². The number of aromatic nitrogens is 4. The highest BCUT2D eigenvalue weighted by Gasteiger charge is 2.39. The second kappa shape index (κ2) is 7.23. The summed E-state index contributed by atoms with van der Waals surface area (Å²) in [6, 6.07) is 11.2. The minimum Gasteiger partial charge on any atom is -0.388 e. The number of rotatable bonds is 2. The van der Waals surface area contributed by atoms with E-state index in [9.17, 15) is 19.9 Å². The zero-order valence-electron chi connectivity index (χ0n) is 17.2. The number of aliphatic hydroxyl groups is 2. The van der Waals surface area contributed by atoms with Gasteiger partial charge in [0.1, 0.15) is 12.1 Å². The van der Waals surface area contributed by atoms with Crippen molar-refractivity contribution in [1.82, 2.24) is 19.5 Å². The molecule has 0 saturated heterocycles. The molecule has 2 aliphatic rings. The van der Waals surface area contributed by atoms with Crippen LogP contribution in [0, 0.1) is 17.1 Å². The van der Waals surface area contributed by atoms with E-state index in [1.54, 1.807) is 46.3 Å².